The number of hydrogen-bond acceptors (Lipinski definition) is 4. The number of aryl methyl sites for hydroxylation is 1. The van der Waals surface area contributed by atoms with Crippen molar-refractivity contribution in [1.29, 1.82) is 0 Å². The van der Waals surface area contributed by atoms with Crippen LogP contribution in [-0.4, -0.2) is 16.5 Å². The van der Waals surface area contributed by atoms with E-state index in [4.69, 9.17) is 21.6 Å². The standard InChI is InChI=1S/C25H24ClFN4/c1-15-14-28-23-18(10-7-12-20(23)27)22(15)30-25-17-9-3-2-4-13-21(17)29-24(31-25)16-8-5-6-11-19(16)26/h5-8,10-12,28H,2-4,9,13-14H2,1H3,(H,29,30,31). The first kappa shape index (κ1) is 20.0. The second-order valence-electron chi connectivity index (χ2n) is 8.16. The number of benzene rings is 2. The zero-order valence-electron chi connectivity index (χ0n) is 17.4. The van der Waals surface area contributed by atoms with Crippen molar-refractivity contribution in [2.75, 3.05) is 17.2 Å². The average molecular weight is 435 g/mol. The molecule has 2 heterocycles. The highest BCUT2D eigenvalue weighted by Gasteiger charge is 2.23. The molecule has 1 aliphatic heterocycles. The number of halogens is 2. The van der Waals surface area contributed by atoms with Crippen LogP contribution in [0, 0.1) is 5.82 Å². The quantitative estimate of drug-likeness (QED) is 0.463. The maximum atomic E-state index is 14.4. The van der Waals surface area contributed by atoms with Crippen molar-refractivity contribution in [2.24, 2.45) is 0 Å². The van der Waals surface area contributed by atoms with Crippen molar-refractivity contribution in [2.45, 2.75) is 39.0 Å². The number of rotatable bonds is 3. The maximum absolute atomic E-state index is 14.4. The third kappa shape index (κ3) is 3.79. The fourth-order valence-corrected chi connectivity index (χ4v) is 4.60. The van der Waals surface area contributed by atoms with Crippen LogP contribution < -0.4 is 10.6 Å². The van der Waals surface area contributed by atoms with Crippen LogP contribution in [0.25, 0.3) is 17.1 Å². The second kappa shape index (κ2) is 8.31. The number of nitrogens with one attached hydrogen (secondary N) is 2. The average Bonchev–Trinajstić information content (AvgIpc) is 3.02. The minimum absolute atomic E-state index is 0.248. The van der Waals surface area contributed by atoms with Crippen LogP contribution in [0.15, 0.2) is 48.0 Å². The van der Waals surface area contributed by atoms with E-state index in [9.17, 15) is 4.39 Å². The van der Waals surface area contributed by atoms with Gasteiger partial charge in [0.1, 0.15) is 11.6 Å². The maximum Gasteiger partial charge on any atom is 0.163 e. The molecule has 0 bridgehead atoms. The molecule has 1 aromatic heterocycles. The molecule has 0 spiro atoms. The Morgan fingerprint density at radius 2 is 1.77 bits per heavy atom. The summed E-state index contributed by atoms with van der Waals surface area (Å²) in [6.45, 7) is 2.64. The highest BCUT2D eigenvalue weighted by molar-refractivity contribution is 6.33. The molecule has 2 aliphatic rings. The molecule has 0 radical (unpaired) electrons. The predicted molar refractivity (Wildman–Crippen MR) is 125 cm³/mol. The lowest BCUT2D eigenvalue weighted by Gasteiger charge is -2.25. The molecular weight excluding hydrogens is 411 g/mol. The van der Waals surface area contributed by atoms with E-state index in [-0.39, 0.29) is 5.82 Å². The van der Waals surface area contributed by atoms with Gasteiger partial charge in [-0.3, -0.25) is 0 Å². The fraction of sp³-hybridized carbons (Fsp3) is 0.280. The van der Waals surface area contributed by atoms with Crippen molar-refractivity contribution in [3.8, 4) is 11.4 Å². The van der Waals surface area contributed by atoms with Crippen molar-refractivity contribution >= 4 is 28.8 Å². The van der Waals surface area contributed by atoms with Gasteiger partial charge in [0.15, 0.2) is 5.82 Å². The van der Waals surface area contributed by atoms with Gasteiger partial charge in [-0.25, -0.2) is 14.4 Å². The summed E-state index contributed by atoms with van der Waals surface area (Å²) < 4.78 is 14.4. The Morgan fingerprint density at radius 3 is 2.65 bits per heavy atom. The normalized spacial score (nSPS) is 15.6. The van der Waals surface area contributed by atoms with Gasteiger partial charge in [0.25, 0.3) is 0 Å². The molecule has 0 amide bonds. The summed E-state index contributed by atoms with van der Waals surface area (Å²) in [5.74, 6) is 1.18. The molecule has 5 rings (SSSR count). The van der Waals surface area contributed by atoms with E-state index in [2.05, 4.69) is 17.6 Å². The van der Waals surface area contributed by atoms with E-state index in [1.54, 1.807) is 6.07 Å². The zero-order valence-corrected chi connectivity index (χ0v) is 18.2. The Bertz CT molecular complexity index is 1190. The lowest BCUT2D eigenvalue weighted by atomic mass is 10.00. The van der Waals surface area contributed by atoms with Gasteiger partial charge in [0.2, 0.25) is 0 Å². The summed E-state index contributed by atoms with van der Waals surface area (Å²) in [6, 6.07) is 12.8. The van der Waals surface area contributed by atoms with Crippen LogP contribution in [-0.2, 0) is 12.8 Å². The second-order valence-corrected chi connectivity index (χ2v) is 8.57. The van der Waals surface area contributed by atoms with Crippen LogP contribution in [0.4, 0.5) is 15.9 Å². The molecule has 0 unspecified atom stereocenters. The molecule has 2 N–H and O–H groups in total. The van der Waals surface area contributed by atoms with E-state index in [1.165, 1.54) is 12.5 Å². The van der Waals surface area contributed by atoms with Gasteiger partial charge in [-0.05, 0) is 56.4 Å². The number of aromatic nitrogens is 2. The molecule has 4 nitrogen and oxygen atoms in total. The minimum Gasteiger partial charge on any atom is -0.378 e. The van der Waals surface area contributed by atoms with Gasteiger partial charge >= 0.3 is 0 Å². The third-order valence-corrected chi connectivity index (χ3v) is 6.36. The highest BCUT2D eigenvalue weighted by atomic mass is 35.5. The Kier molecular flexibility index (Phi) is 5.36. The Morgan fingerprint density at radius 1 is 0.968 bits per heavy atom. The summed E-state index contributed by atoms with van der Waals surface area (Å²) in [6.07, 6.45) is 5.26. The molecule has 0 fully saturated rings. The van der Waals surface area contributed by atoms with E-state index >= 15 is 0 Å². The highest BCUT2D eigenvalue weighted by Crippen LogP contribution is 2.36. The topological polar surface area (TPSA) is 49.8 Å². The smallest absolute Gasteiger partial charge is 0.163 e. The van der Waals surface area contributed by atoms with Crippen LogP contribution in [0.3, 0.4) is 0 Å². The Balaban J connectivity index is 1.65. The van der Waals surface area contributed by atoms with Crippen molar-refractivity contribution in [3.05, 3.63) is 75.7 Å². The van der Waals surface area contributed by atoms with Crippen LogP contribution in [0.2, 0.25) is 5.02 Å². The van der Waals surface area contributed by atoms with Crippen LogP contribution in [0.1, 0.15) is 43.0 Å². The summed E-state index contributed by atoms with van der Waals surface area (Å²) >= 11 is 6.47. The Labute approximate surface area is 186 Å². The molecule has 31 heavy (non-hydrogen) atoms. The molecule has 0 atom stereocenters. The first-order valence-corrected chi connectivity index (χ1v) is 11.1. The lowest BCUT2D eigenvalue weighted by Crippen LogP contribution is -2.19. The van der Waals surface area contributed by atoms with E-state index < -0.39 is 0 Å². The van der Waals surface area contributed by atoms with Gasteiger partial charge in [-0.15, -0.1) is 0 Å². The molecule has 0 saturated carbocycles. The molecular formula is C25H24ClFN4. The fourth-order valence-electron chi connectivity index (χ4n) is 4.38. The van der Waals surface area contributed by atoms with Gasteiger partial charge < -0.3 is 10.6 Å². The van der Waals surface area contributed by atoms with Crippen LogP contribution >= 0.6 is 11.6 Å². The van der Waals surface area contributed by atoms with Crippen molar-refractivity contribution in [3.63, 3.8) is 0 Å². The molecule has 158 valence electrons. The predicted octanol–water partition coefficient (Wildman–Crippen LogP) is 6.47. The SMILES string of the molecule is CC1=C(Nc2nc(-c3ccccc3Cl)nc3c2CCCCC3)c2cccc(F)c2NC1. The van der Waals surface area contributed by atoms with Gasteiger partial charge in [0, 0.05) is 34.6 Å². The van der Waals surface area contributed by atoms with Gasteiger partial charge in [-0.1, -0.05) is 42.3 Å². The van der Waals surface area contributed by atoms with E-state index in [0.29, 0.717) is 23.1 Å². The first-order valence-electron chi connectivity index (χ1n) is 10.8. The number of anilines is 2. The zero-order chi connectivity index (χ0) is 21.4. The minimum atomic E-state index is -0.248. The molecule has 1 aliphatic carbocycles. The van der Waals surface area contributed by atoms with Gasteiger partial charge in [-0.2, -0.15) is 0 Å². The van der Waals surface area contributed by atoms with Gasteiger partial charge in [0.05, 0.1) is 10.7 Å². The number of hydrogen-bond donors (Lipinski definition) is 2. The largest absolute Gasteiger partial charge is 0.378 e. The molecule has 6 heteroatoms. The monoisotopic (exact) mass is 434 g/mol. The number of para-hydroxylation sites is 1. The molecule has 2 aromatic carbocycles. The molecule has 3 aromatic rings. The number of nitrogens with zero attached hydrogens (tertiary/aromatic N) is 2. The third-order valence-electron chi connectivity index (χ3n) is 6.03. The lowest BCUT2D eigenvalue weighted by molar-refractivity contribution is 0.630. The summed E-state index contributed by atoms with van der Waals surface area (Å²) in [4.78, 5) is 9.84. The van der Waals surface area contributed by atoms with Crippen molar-refractivity contribution < 1.29 is 4.39 Å². The summed E-state index contributed by atoms with van der Waals surface area (Å²) in [5.41, 5.74) is 6.43. The van der Waals surface area contributed by atoms with Crippen molar-refractivity contribution in [1.82, 2.24) is 9.97 Å². The summed E-state index contributed by atoms with van der Waals surface area (Å²) in [7, 11) is 0. The van der Waals surface area contributed by atoms with Crippen LogP contribution in [0.5, 0.6) is 0 Å². The molecule has 0 saturated heterocycles. The summed E-state index contributed by atoms with van der Waals surface area (Å²) in [5, 5.41) is 7.40. The van der Waals surface area contributed by atoms with E-state index in [0.717, 1.165) is 65.2 Å². The Hall–Kier alpha value is -2.92. The van der Waals surface area contributed by atoms with E-state index in [1.807, 2.05) is 30.3 Å². The first-order chi connectivity index (χ1) is 15.1. The number of fused-ring (bicyclic) bond motifs is 2.